The zero-order valence-electron chi connectivity index (χ0n) is 48.4. The summed E-state index contributed by atoms with van der Waals surface area (Å²) in [5, 5.41) is 12.7. The summed E-state index contributed by atoms with van der Waals surface area (Å²) in [5.74, 6) is 0.678. The number of thiazole rings is 1. The summed E-state index contributed by atoms with van der Waals surface area (Å²) in [4.78, 5) is 92.1. The first-order valence-electron chi connectivity index (χ1n) is 28.8. The van der Waals surface area contributed by atoms with Crippen LogP contribution in [0.4, 0.5) is 5.13 Å². The number of methoxy groups -OCH3 is 1. The number of aromatic nitrogens is 1. The minimum Gasteiger partial charge on any atom is -0.496 e. The number of carbonyl (C=O) groups excluding carboxylic acids is 6. The van der Waals surface area contributed by atoms with Gasteiger partial charge in [-0.1, -0.05) is 74.2 Å². The second-order valence-corrected chi connectivity index (χ2v) is 25.5. The van der Waals surface area contributed by atoms with Gasteiger partial charge in [0.15, 0.2) is 5.13 Å². The summed E-state index contributed by atoms with van der Waals surface area (Å²) < 4.78 is 19.7. The average molecular weight is 1160 g/mol. The minimum absolute atomic E-state index is 0.000489. The summed E-state index contributed by atoms with van der Waals surface area (Å²) in [5.41, 5.74) is 5.47. The summed E-state index contributed by atoms with van der Waals surface area (Å²) in [7, 11) is 3.26. The van der Waals surface area contributed by atoms with Crippen molar-refractivity contribution in [2.24, 2.45) is 5.41 Å². The van der Waals surface area contributed by atoms with Crippen molar-refractivity contribution in [2.75, 3.05) is 45.7 Å². The van der Waals surface area contributed by atoms with Gasteiger partial charge in [0, 0.05) is 56.5 Å². The van der Waals surface area contributed by atoms with Crippen LogP contribution in [0.3, 0.4) is 0 Å². The summed E-state index contributed by atoms with van der Waals surface area (Å²) in [6.45, 7) is 13.1. The number of likely N-dealkylation sites (N-methyl/N-ethyl adjacent to an activating group) is 1. The van der Waals surface area contributed by atoms with Gasteiger partial charge in [0.05, 0.1) is 47.4 Å². The zero-order valence-corrected chi connectivity index (χ0v) is 50.1. The molecule has 2 aliphatic carbocycles. The Bertz CT molecular complexity index is 3130. The predicted molar refractivity (Wildman–Crippen MR) is 318 cm³/mol. The quantitative estimate of drug-likeness (QED) is 0.0731. The second kappa shape index (κ2) is 26.5. The Morgan fingerprint density at radius 1 is 0.793 bits per heavy atom. The van der Waals surface area contributed by atoms with Crippen molar-refractivity contribution < 1.29 is 43.0 Å². The molecule has 4 aromatic carbocycles. The van der Waals surface area contributed by atoms with Gasteiger partial charge in [-0.15, -0.1) is 0 Å². The van der Waals surface area contributed by atoms with Gasteiger partial charge in [-0.3, -0.25) is 34.1 Å². The molecule has 0 radical (unpaired) electrons. The van der Waals surface area contributed by atoms with E-state index in [0.29, 0.717) is 60.4 Å². The number of nitrogens with one attached hydrogen (secondary N) is 4. The molecule has 4 atom stereocenters. The van der Waals surface area contributed by atoms with Gasteiger partial charge in [-0.25, -0.2) is 4.98 Å². The molecule has 1 saturated heterocycles. The van der Waals surface area contributed by atoms with Crippen molar-refractivity contribution in [1.82, 2.24) is 35.6 Å². The molecule has 82 heavy (non-hydrogen) atoms. The fourth-order valence-corrected chi connectivity index (χ4v) is 13.3. The molecule has 1 saturated carbocycles. The number of hydrogen-bond donors (Lipinski definition) is 4. The highest BCUT2D eigenvalue weighted by molar-refractivity contribution is 8.01. The number of aryl methyl sites for hydroxylation is 2. The lowest BCUT2D eigenvalue weighted by molar-refractivity contribution is -0.147. The Morgan fingerprint density at radius 2 is 1.46 bits per heavy atom. The van der Waals surface area contributed by atoms with Crippen LogP contribution in [0.2, 0.25) is 0 Å². The number of hydrogen-bond acceptors (Lipinski definition) is 13. The van der Waals surface area contributed by atoms with E-state index in [1.54, 1.807) is 61.0 Å². The molecule has 5 aromatic rings. The highest BCUT2D eigenvalue weighted by Crippen LogP contribution is 2.40. The van der Waals surface area contributed by atoms with Gasteiger partial charge in [-0.2, -0.15) is 0 Å². The van der Waals surface area contributed by atoms with Crippen LogP contribution in [0.25, 0.3) is 0 Å². The van der Waals surface area contributed by atoms with Gasteiger partial charge in [0.2, 0.25) is 23.6 Å². The lowest BCUT2D eigenvalue weighted by Gasteiger charge is -2.42. The maximum Gasteiger partial charge on any atom is 0.257 e. The topological polar surface area (TPSA) is 201 Å². The van der Waals surface area contributed by atoms with E-state index in [2.05, 4.69) is 38.4 Å². The van der Waals surface area contributed by atoms with Gasteiger partial charge in [0.25, 0.3) is 11.8 Å². The first kappa shape index (κ1) is 59.7. The first-order valence-corrected chi connectivity index (χ1v) is 30.4. The fourth-order valence-electron chi connectivity index (χ4n) is 11.4. The molecule has 2 fully saturated rings. The maximum absolute atomic E-state index is 14.9. The zero-order chi connectivity index (χ0) is 58.2. The normalized spacial score (nSPS) is 19.9. The van der Waals surface area contributed by atoms with E-state index in [1.807, 2.05) is 82.3 Å². The number of carbonyl (C=O) groups is 6. The molecule has 0 unspecified atom stereocenters. The van der Waals surface area contributed by atoms with Gasteiger partial charge >= 0.3 is 0 Å². The monoisotopic (exact) mass is 1150 g/mol. The van der Waals surface area contributed by atoms with E-state index in [1.165, 1.54) is 28.7 Å². The summed E-state index contributed by atoms with van der Waals surface area (Å²) in [6, 6.07) is 22.8. The molecule has 4 N–H and O–H groups in total. The van der Waals surface area contributed by atoms with Crippen LogP contribution in [0.15, 0.2) is 94.2 Å². The molecule has 1 aromatic heterocycles. The number of benzene rings is 4. The SMILES string of the molecule is CN[C@@H](C)C(=O)N[C@H](C(=O)N1Cc2cc(OC3CCCC(Oc4ccc(C(=O)Nc5ncc(Sc6cc(C(=O)N7CCN(C(C)=O)CC7)c(OC)cc6C)s5)cc4)CCC3)ccc2C[C@H]1C(=O)N[C@@H]1CCCc2ccccc21)C(C)(C)C. The molecule has 3 heterocycles. The molecule has 4 aliphatic rings. The summed E-state index contributed by atoms with van der Waals surface area (Å²) >= 11 is 2.81. The van der Waals surface area contributed by atoms with Crippen molar-refractivity contribution in [2.45, 2.75) is 158 Å². The van der Waals surface area contributed by atoms with Crippen molar-refractivity contribution in [3.05, 3.63) is 124 Å². The van der Waals surface area contributed by atoms with Crippen LogP contribution in [0.1, 0.15) is 141 Å². The number of piperazine rings is 1. The molecular weight excluding hydrogens is 1080 g/mol. The predicted octanol–water partition coefficient (Wildman–Crippen LogP) is 9.30. The van der Waals surface area contributed by atoms with Crippen LogP contribution >= 0.6 is 23.1 Å². The molecule has 436 valence electrons. The Hall–Kier alpha value is -6.96. The molecule has 9 rings (SSSR count). The smallest absolute Gasteiger partial charge is 0.257 e. The third-order valence-electron chi connectivity index (χ3n) is 16.3. The molecule has 17 nitrogen and oxygen atoms in total. The van der Waals surface area contributed by atoms with Crippen molar-refractivity contribution >= 4 is 63.7 Å². The number of fused-ring (bicyclic) bond motifs is 2. The standard InChI is InChI=1S/C63H78N8O9S2/c1-38-32-53(78-8)50(60(76)70-30-28-69(29-31-70)40(3)72)35-54(38)81-55-36-65-62(82-55)68-58(74)42-22-25-47(26-23-42)79-45-16-12-18-46(19-13-17-45)80-48-27-24-43-34-52(59(75)66-51-21-11-15-41-14-9-10-20-49(41)51)71(37-44(43)33-48)61(77)56(63(4,5)6)67-57(73)39(2)64-7/h9-10,14,20,22-27,32-33,35-36,39,45-46,51-52,56,64H,11-13,15-19,21,28-31,34,37H2,1-8H3,(H,66,75)(H,67,73)(H,65,68,74)/t39-,45?,46?,51+,52-,56+/m0/s1. The third-order valence-corrected chi connectivity index (χ3v) is 18.5. The highest BCUT2D eigenvalue weighted by atomic mass is 32.2. The molecule has 0 spiro atoms. The highest BCUT2D eigenvalue weighted by Gasteiger charge is 2.43. The van der Waals surface area contributed by atoms with Crippen LogP contribution < -0.4 is 35.5 Å². The van der Waals surface area contributed by atoms with Crippen molar-refractivity contribution in [1.29, 1.82) is 0 Å². The maximum atomic E-state index is 14.9. The van der Waals surface area contributed by atoms with Crippen LogP contribution in [0, 0.1) is 12.3 Å². The second-order valence-electron chi connectivity index (χ2n) is 23.1. The van der Waals surface area contributed by atoms with Gasteiger partial charge in [-0.05, 0) is 160 Å². The van der Waals surface area contributed by atoms with E-state index in [9.17, 15) is 28.8 Å². The number of rotatable bonds is 16. The molecule has 0 bridgehead atoms. The number of nitrogens with zero attached hydrogens (tertiary/aromatic N) is 4. The first-order chi connectivity index (χ1) is 39.3. The van der Waals surface area contributed by atoms with Gasteiger partial charge in [0.1, 0.15) is 29.3 Å². The lowest BCUT2D eigenvalue weighted by atomic mass is 9.83. The third kappa shape index (κ3) is 14.4. The van der Waals surface area contributed by atoms with E-state index < -0.39 is 23.5 Å². The van der Waals surface area contributed by atoms with Crippen LogP contribution in [-0.2, 0) is 38.6 Å². The minimum atomic E-state index is -0.879. The molecule has 2 aliphatic heterocycles. The van der Waals surface area contributed by atoms with Crippen molar-refractivity contribution in [3.63, 3.8) is 0 Å². The number of ether oxygens (including phenoxy) is 3. The molecular formula is C63H78N8O9S2. The van der Waals surface area contributed by atoms with Gasteiger partial charge < -0.3 is 44.9 Å². The Morgan fingerprint density at radius 3 is 2.13 bits per heavy atom. The lowest BCUT2D eigenvalue weighted by Crippen LogP contribution is -2.62. The van der Waals surface area contributed by atoms with E-state index in [4.69, 9.17) is 14.2 Å². The van der Waals surface area contributed by atoms with E-state index >= 15 is 0 Å². The van der Waals surface area contributed by atoms with Crippen LogP contribution in [-0.4, -0.2) is 126 Å². The van der Waals surface area contributed by atoms with Crippen molar-refractivity contribution in [3.8, 4) is 17.2 Å². The van der Waals surface area contributed by atoms with Crippen LogP contribution in [0.5, 0.6) is 17.2 Å². The largest absolute Gasteiger partial charge is 0.496 e. The Balaban J connectivity index is 0.781. The van der Waals surface area contributed by atoms with E-state index in [0.717, 1.165) is 94.9 Å². The molecule has 6 amide bonds. The number of amides is 6. The summed E-state index contributed by atoms with van der Waals surface area (Å²) in [6.07, 6.45) is 9.93. The Labute approximate surface area is 490 Å². The number of anilines is 1. The fraction of sp³-hybridized carbons (Fsp3) is 0.476. The molecule has 19 heteroatoms. The average Bonchev–Trinajstić information content (AvgIpc) is 3.80. The Kier molecular flexibility index (Phi) is 19.3. The van der Waals surface area contributed by atoms with E-state index in [-0.39, 0.29) is 60.2 Å².